The van der Waals surface area contributed by atoms with E-state index in [0.29, 0.717) is 11.3 Å². The Labute approximate surface area is 112 Å². The number of ether oxygens (including phenoxy) is 1. The number of nitrogens with one attached hydrogen (secondary N) is 1. The van der Waals surface area contributed by atoms with E-state index in [9.17, 15) is 9.59 Å². The molecule has 0 heterocycles. The second-order valence-electron chi connectivity index (χ2n) is 5.24. The Balaban J connectivity index is 3.05. The maximum atomic E-state index is 11.8. The molecule has 2 N–H and O–H groups in total. The lowest BCUT2D eigenvalue weighted by atomic mass is 9.85. The number of aliphatic carboxylic acids is 1. The van der Waals surface area contributed by atoms with Crippen LogP contribution in [0.3, 0.4) is 0 Å². The van der Waals surface area contributed by atoms with Crippen LogP contribution in [0.25, 0.3) is 0 Å². The van der Waals surface area contributed by atoms with Crippen molar-refractivity contribution in [2.24, 2.45) is 0 Å². The molecule has 0 aliphatic rings. The SMILES string of the molecule is COc1ccc(C(=O)NCC(=O)O)cc1C(C)(C)C. The van der Waals surface area contributed by atoms with Gasteiger partial charge in [0, 0.05) is 11.1 Å². The minimum atomic E-state index is -1.07. The van der Waals surface area contributed by atoms with Gasteiger partial charge in [0.2, 0.25) is 0 Å². The van der Waals surface area contributed by atoms with Gasteiger partial charge in [-0.05, 0) is 23.6 Å². The molecule has 0 unspecified atom stereocenters. The van der Waals surface area contributed by atoms with Gasteiger partial charge >= 0.3 is 5.97 Å². The Morgan fingerprint density at radius 1 is 1.32 bits per heavy atom. The molecule has 0 spiro atoms. The van der Waals surface area contributed by atoms with Gasteiger partial charge in [0.15, 0.2) is 0 Å². The summed E-state index contributed by atoms with van der Waals surface area (Å²) >= 11 is 0. The van der Waals surface area contributed by atoms with Gasteiger partial charge in [-0.15, -0.1) is 0 Å². The molecule has 1 amide bonds. The summed E-state index contributed by atoms with van der Waals surface area (Å²) < 4.78 is 5.28. The Kier molecular flexibility index (Phi) is 4.53. The third-order valence-electron chi connectivity index (χ3n) is 2.67. The highest BCUT2D eigenvalue weighted by atomic mass is 16.5. The normalized spacial score (nSPS) is 10.9. The number of methoxy groups -OCH3 is 1. The van der Waals surface area contributed by atoms with Crippen molar-refractivity contribution in [1.82, 2.24) is 5.32 Å². The molecular weight excluding hydrogens is 246 g/mol. The van der Waals surface area contributed by atoms with E-state index in [1.54, 1.807) is 25.3 Å². The molecule has 0 aromatic heterocycles. The highest BCUT2D eigenvalue weighted by Gasteiger charge is 2.20. The van der Waals surface area contributed by atoms with Crippen LogP contribution in [0.4, 0.5) is 0 Å². The van der Waals surface area contributed by atoms with Crippen molar-refractivity contribution in [3.05, 3.63) is 29.3 Å². The molecule has 0 aliphatic carbocycles. The summed E-state index contributed by atoms with van der Waals surface area (Å²) in [5.74, 6) is -0.768. The van der Waals surface area contributed by atoms with Crippen LogP contribution in [0.5, 0.6) is 5.75 Å². The fourth-order valence-electron chi connectivity index (χ4n) is 1.69. The molecule has 1 rings (SSSR count). The first-order valence-electron chi connectivity index (χ1n) is 5.94. The molecule has 19 heavy (non-hydrogen) atoms. The topological polar surface area (TPSA) is 75.6 Å². The molecule has 0 saturated carbocycles. The largest absolute Gasteiger partial charge is 0.496 e. The molecule has 0 saturated heterocycles. The van der Waals surface area contributed by atoms with Gasteiger partial charge in [-0.25, -0.2) is 0 Å². The number of hydrogen-bond donors (Lipinski definition) is 2. The van der Waals surface area contributed by atoms with E-state index in [4.69, 9.17) is 9.84 Å². The second-order valence-corrected chi connectivity index (χ2v) is 5.24. The van der Waals surface area contributed by atoms with Crippen LogP contribution < -0.4 is 10.1 Å². The van der Waals surface area contributed by atoms with Gasteiger partial charge in [-0.3, -0.25) is 9.59 Å². The summed E-state index contributed by atoms with van der Waals surface area (Å²) in [4.78, 5) is 22.2. The van der Waals surface area contributed by atoms with Gasteiger partial charge in [-0.2, -0.15) is 0 Å². The lowest BCUT2D eigenvalue weighted by Crippen LogP contribution is -2.29. The molecule has 0 bridgehead atoms. The van der Waals surface area contributed by atoms with Crippen LogP contribution in [0.15, 0.2) is 18.2 Å². The quantitative estimate of drug-likeness (QED) is 0.870. The standard InChI is InChI=1S/C14H19NO4/c1-14(2,3)10-7-9(5-6-11(10)19-4)13(18)15-8-12(16)17/h5-7H,8H2,1-4H3,(H,15,18)(H,16,17). The molecule has 1 aromatic carbocycles. The second kappa shape index (κ2) is 5.73. The Bertz CT molecular complexity index is 489. The average molecular weight is 265 g/mol. The van der Waals surface area contributed by atoms with Crippen molar-refractivity contribution in [3.8, 4) is 5.75 Å². The van der Waals surface area contributed by atoms with Crippen molar-refractivity contribution in [3.63, 3.8) is 0 Å². The lowest BCUT2D eigenvalue weighted by Gasteiger charge is -2.22. The lowest BCUT2D eigenvalue weighted by molar-refractivity contribution is -0.135. The van der Waals surface area contributed by atoms with Crippen LogP contribution in [0, 0.1) is 0 Å². The van der Waals surface area contributed by atoms with Crippen molar-refractivity contribution >= 4 is 11.9 Å². The molecule has 5 heteroatoms. The third-order valence-corrected chi connectivity index (χ3v) is 2.67. The number of amides is 1. The molecular formula is C14H19NO4. The van der Waals surface area contributed by atoms with E-state index in [-0.39, 0.29) is 5.41 Å². The molecule has 0 radical (unpaired) electrons. The first-order chi connectivity index (χ1) is 8.75. The van der Waals surface area contributed by atoms with Gasteiger partial charge in [0.25, 0.3) is 5.91 Å². The number of hydrogen-bond acceptors (Lipinski definition) is 3. The fourth-order valence-corrected chi connectivity index (χ4v) is 1.69. The minimum absolute atomic E-state index is 0.172. The minimum Gasteiger partial charge on any atom is -0.496 e. The molecule has 104 valence electrons. The molecule has 0 fully saturated rings. The summed E-state index contributed by atoms with van der Waals surface area (Å²) in [6, 6.07) is 5.07. The van der Waals surface area contributed by atoms with Crippen molar-refractivity contribution < 1.29 is 19.4 Å². The molecule has 0 aliphatic heterocycles. The van der Waals surface area contributed by atoms with Crippen molar-refractivity contribution in [1.29, 1.82) is 0 Å². The van der Waals surface area contributed by atoms with Crippen LogP contribution in [0.1, 0.15) is 36.7 Å². The van der Waals surface area contributed by atoms with Gasteiger partial charge in [0.05, 0.1) is 7.11 Å². The number of carboxylic acid groups (broad SMARTS) is 1. The molecule has 0 atom stereocenters. The van der Waals surface area contributed by atoms with E-state index >= 15 is 0 Å². The Hall–Kier alpha value is -2.04. The van der Waals surface area contributed by atoms with E-state index in [1.165, 1.54) is 0 Å². The van der Waals surface area contributed by atoms with Crippen LogP contribution in [-0.4, -0.2) is 30.6 Å². The number of carbonyl (C=O) groups is 2. The van der Waals surface area contributed by atoms with E-state index < -0.39 is 18.4 Å². The zero-order chi connectivity index (χ0) is 14.6. The van der Waals surface area contributed by atoms with Crippen LogP contribution in [-0.2, 0) is 10.2 Å². The average Bonchev–Trinajstić information content (AvgIpc) is 2.34. The predicted octanol–water partition coefficient (Wildman–Crippen LogP) is 1.81. The highest BCUT2D eigenvalue weighted by molar-refractivity contribution is 5.96. The fraction of sp³-hybridized carbons (Fsp3) is 0.429. The summed E-state index contributed by atoms with van der Waals surface area (Å²) in [6.07, 6.45) is 0. The maximum Gasteiger partial charge on any atom is 0.322 e. The number of benzene rings is 1. The predicted molar refractivity (Wildman–Crippen MR) is 71.7 cm³/mol. The number of carbonyl (C=O) groups excluding carboxylic acids is 1. The summed E-state index contributed by atoms with van der Waals surface area (Å²) in [5.41, 5.74) is 1.15. The summed E-state index contributed by atoms with van der Waals surface area (Å²) in [7, 11) is 1.58. The maximum absolute atomic E-state index is 11.8. The summed E-state index contributed by atoms with van der Waals surface area (Å²) in [5, 5.41) is 10.9. The number of rotatable bonds is 4. The first-order valence-corrected chi connectivity index (χ1v) is 5.94. The number of carboxylic acids is 1. The zero-order valence-electron chi connectivity index (χ0n) is 11.6. The van der Waals surface area contributed by atoms with Crippen molar-refractivity contribution in [2.45, 2.75) is 26.2 Å². The monoisotopic (exact) mass is 265 g/mol. The Morgan fingerprint density at radius 2 is 1.95 bits per heavy atom. The van der Waals surface area contributed by atoms with Gasteiger partial charge in [-0.1, -0.05) is 20.8 Å². The highest BCUT2D eigenvalue weighted by Crippen LogP contribution is 2.31. The molecule has 5 nitrogen and oxygen atoms in total. The molecule has 1 aromatic rings. The third kappa shape index (κ3) is 3.98. The van der Waals surface area contributed by atoms with E-state index in [2.05, 4.69) is 5.32 Å². The van der Waals surface area contributed by atoms with Gasteiger partial charge < -0.3 is 15.2 Å². The first kappa shape index (κ1) is 15.0. The smallest absolute Gasteiger partial charge is 0.322 e. The van der Waals surface area contributed by atoms with Crippen LogP contribution >= 0.6 is 0 Å². The Morgan fingerprint density at radius 3 is 2.42 bits per heavy atom. The van der Waals surface area contributed by atoms with E-state index in [0.717, 1.165) is 5.56 Å². The van der Waals surface area contributed by atoms with E-state index in [1.807, 2.05) is 20.8 Å². The van der Waals surface area contributed by atoms with Gasteiger partial charge in [0.1, 0.15) is 12.3 Å². The summed E-state index contributed by atoms with van der Waals surface area (Å²) in [6.45, 7) is 5.66. The van der Waals surface area contributed by atoms with Crippen LogP contribution in [0.2, 0.25) is 0 Å². The zero-order valence-corrected chi connectivity index (χ0v) is 11.6. The van der Waals surface area contributed by atoms with Crippen molar-refractivity contribution in [2.75, 3.05) is 13.7 Å².